The molecule has 0 atom stereocenters. The second-order valence-corrected chi connectivity index (χ2v) is 8.90. The Hall–Kier alpha value is -5.04. The number of carbonyl (C=O) groups excluding carboxylic acids is 4. The van der Waals surface area contributed by atoms with Gasteiger partial charge in [0.1, 0.15) is 17.1 Å². The average Bonchev–Trinajstić information content (AvgIpc) is 2.91. The number of benzene rings is 3. The monoisotopic (exact) mass is 594 g/mol. The number of imide groups is 2. The van der Waals surface area contributed by atoms with Crippen molar-refractivity contribution in [1.29, 1.82) is 0 Å². The maximum atomic E-state index is 13.2. The predicted molar refractivity (Wildman–Crippen MR) is 143 cm³/mol. The summed E-state index contributed by atoms with van der Waals surface area (Å²) in [6.45, 7) is -0.387. The van der Waals surface area contributed by atoms with Crippen LogP contribution in [0.5, 0.6) is 11.5 Å². The molecular formula is C26H19BrN4O8. The van der Waals surface area contributed by atoms with Crippen LogP contribution in [0.25, 0.3) is 6.08 Å². The highest BCUT2D eigenvalue weighted by Gasteiger charge is 2.37. The van der Waals surface area contributed by atoms with Gasteiger partial charge in [-0.2, -0.15) is 0 Å². The number of barbiturate groups is 1. The van der Waals surface area contributed by atoms with Crippen LogP contribution in [0.1, 0.15) is 5.56 Å². The lowest BCUT2D eigenvalue weighted by molar-refractivity contribution is -0.384. The molecule has 3 aromatic rings. The zero-order chi connectivity index (χ0) is 28.1. The molecule has 0 saturated carbocycles. The number of hydrogen-bond donors (Lipinski definition) is 2. The first kappa shape index (κ1) is 27.0. The number of urea groups is 1. The van der Waals surface area contributed by atoms with Crippen LogP contribution in [0.2, 0.25) is 0 Å². The van der Waals surface area contributed by atoms with E-state index >= 15 is 0 Å². The molecule has 39 heavy (non-hydrogen) atoms. The van der Waals surface area contributed by atoms with Gasteiger partial charge in [-0.25, -0.2) is 9.69 Å². The fourth-order valence-corrected chi connectivity index (χ4v) is 3.95. The molecule has 1 aliphatic rings. The molecule has 1 fully saturated rings. The van der Waals surface area contributed by atoms with Gasteiger partial charge in [0.15, 0.2) is 6.61 Å². The van der Waals surface area contributed by atoms with Gasteiger partial charge in [0, 0.05) is 27.9 Å². The van der Waals surface area contributed by atoms with Gasteiger partial charge in [-0.3, -0.25) is 29.8 Å². The zero-order valence-corrected chi connectivity index (χ0v) is 21.8. The van der Waals surface area contributed by atoms with Crippen LogP contribution in [-0.2, 0) is 14.4 Å². The Kier molecular flexibility index (Phi) is 8.01. The minimum atomic E-state index is -1.05. The SMILES string of the molecule is COc1ccc(NC(=O)COc2ccc(Br)cc2/C=C2/C(=O)NC(=O)N(c3cccc([N+](=O)[O-])c3)C2=O)cc1. The number of nitro groups is 1. The van der Waals surface area contributed by atoms with Crippen molar-refractivity contribution in [2.45, 2.75) is 0 Å². The van der Waals surface area contributed by atoms with Crippen molar-refractivity contribution < 1.29 is 33.6 Å². The first-order valence-corrected chi connectivity index (χ1v) is 12.0. The highest BCUT2D eigenvalue weighted by molar-refractivity contribution is 9.10. The van der Waals surface area contributed by atoms with Gasteiger partial charge in [-0.1, -0.05) is 22.0 Å². The number of non-ortho nitro benzene ring substituents is 1. The number of ether oxygens (including phenoxy) is 2. The van der Waals surface area contributed by atoms with Gasteiger partial charge < -0.3 is 14.8 Å². The van der Waals surface area contributed by atoms with E-state index in [1.807, 2.05) is 0 Å². The molecule has 0 unspecified atom stereocenters. The van der Waals surface area contributed by atoms with E-state index in [0.29, 0.717) is 20.8 Å². The number of rotatable bonds is 8. The number of anilines is 2. The number of hydrogen-bond acceptors (Lipinski definition) is 8. The topological polar surface area (TPSA) is 157 Å². The van der Waals surface area contributed by atoms with E-state index in [9.17, 15) is 29.3 Å². The molecule has 0 aromatic heterocycles. The number of halogens is 1. The second kappa shape index (κ2) is 11.6. The first-order valence-electron chi connectivity index (χ1n) is 11.2. The lowest BCUT2D eigenvalue weighted by atomic mass is 10.1. The quantitative estimate of drug-likeness (QED) is 0.171. The Morgan fingerprint density at radius 3 is 2.54 bits per heavy atom. The largest absolute Gasteiger partial charge is 0.497 e. The average molecular weight is 595 g/mol. The van der Waals surface area contributed by atoms with Gasteiger partial charge >= 0.3 is 6.03 Å². The van der Waals surface area contributed by atoms with E-state index in [-0.39, 0.29) is 29.3 Å². The van der Waals surface area contributed by atoms with Crippen molar-refractivity contribution >= 4 is 62.8 Å². The molecule has 0 spiro atoms. The van der Waals surface area contributed by atoms with Gasteiger partial charge in [-0.05, 0) is 54.6 Å². The summed E-state index contributed by atoms with van der Waals surface area (Å²) in [5.74, 6) is -1.61. The van der Waals surface area contributed by atoms with E-state index in [0.717, 1.165) is 6.07 Å². The molecule has 13 heteroatoms. The van der Waals surface area contributed by atoms with E-state index < -0.39 is 34.2 Å². The molecule has 1 aliphatic heterocycles. The molecule has 1 heterocycles. The number of nitrogens with zero attached hydrogens (tertiary/aromatic N) is 2. The van der Waals surface area contributed by atoms with Crippen LogP contribution in [-0.4, -0.2) is 42.4 Å². The fourth-order valence-electron chi connectivity index (χ4n) is 3.57. The number of nitrogens with one attached hydrogen (secondary N) is 2. The normalized spacial score (nSPS) is 14.2. The molecule has 4 rings (SSSR count). The Bertz CT molecular complexity index is 1520. The summed E-state index contributed by atoms with van der Waals surface area (Å²) in [7, 11) is 1.53. The predicted octanol–water partition coefficient (Wildman–Crippen LogP) is 4.05. The van der Waals surface area contributed by atoms with Crippen molar-refractivity contribution in [1.82, 2.24) is 5.32 Å². The zero-order valence-electron chi connectivity index (χ0n) is 20.2. The van der Waals surface area contributed by atoms with E-state index in [2.05, 4.69) is 26.6 Å². The van der Waals surface area contributed by atoms with Crippen LogP contribution >= 0.6 is 15.9 Å². The smallest absolute Gasteiger partial charge is 0.335 e. The molecule has 5 amide bonds. The number of amides is 5. The fraction of sp³-hybridized carbons (Fsp3) is 0.0769. The molecular weight excluding hydrogens is 576 g/mol. The highest BCUT2D eigenvalue weighted by atomic mass is 79.9. The standard InChI is InChI=1S/C26H19BrN4O8/c1-38-20-8-6-17(7-9-20)28-23(32)14-39-22-10-5-16(27)11-15(22)12-21-24(33)29-26(35)30(25(21)34)18-3-2-4-19(13-18)31(36)37/h2-13H,14H2,1H3,(H,28,32)(H,29,33,35)/b21-12-. The van der Waals surface area contributed by atoms with Crippen molar-refractivity contribution in [3.8, 4) is 11.5 Å². The summed E-state index contributed by atoms with van der Waals surface area (Å²) >= 11 is 3.32. The summed E-state index contributed by atoms with van der Waals surface area (Å²) in [5.41, 5.74) is -0.0738. The molecule has 198 valence electrons. The van der Waals surface area contributed by atoms with Gasteiger partial charge in [-0.15, -0.1) is 0 Å². The first-order chi connectivity index (χ1) is 18.7. The second-order valence-electron chi connectivity index (χ2n) is 7.98. The minimum Gasteiger partial charge on any atom is -0.497 e. The third-order valence-corrected chi connectivity index (χ3v) is 5.90. The van der Waals surface area contributed by atoms with Crippen molar-refractivity contribution in [3.63, 3.8) is 0 Å². The van der Waals surface area contributed by atoms with E-state index in [4.69, 9.17) is 9.47 Å². The third kappa shape index (κ3) is 6.27. The molecule has 2 N–H and O–H groups in total. The Morgan fingerprint density at radius 2 is 1.85 bits per heavy atom. The lowest BCUT2D eigenvalue weighted by Crippen LogP contribution is -2.54. The highest BCUT2D eigenvalue weighted by Crippen LogP contribution is 2.29. The van der Waals surface area contributed by atoms with Gasteiger partial charge in [0.25, 0.3) is 23.4 Å². The van der Waals surface area contributed by atoms with Crippen molar-refractivity contribution in [2.75, 3.05) is 23.9 Å². The molecule has 3 aromatic carbocycles. The number of methoxy groups -OCH3 is 1. The maximum Gasteiger partial charge on any atom is 0.335 e. The van der Waals surface area contributed by atoms with Crippen molar-refractivity contribution in [3.05, 3.63) is 92.5 Å². The Labute approximate surface area is 229 Å². The van der Waals surface area contributed by atoms with Crippen molar-refractivity contribution in [2.24, 2.45) is 0 Å². The molecule has 0 aliphatic carbocycles. The van der Waals surface area contributed by atoms with E-state index in [1.54, 1.807) is 36.4 Å². The maximum absolute atomic E-state index is 13.2. The van der Waals surface area contributed by atoms with Crippen LogP contribution in [0.15, 0.2) is 76.8 Å². The molecule has 1 saturated heterocycles. The van der Waals surface area contributed by atoms with Crippen LogP contribution < -0.4 is 25.0 Å². The Balaban J connectivity index is 1.57. The molecule has 0 bridgehead atoms. The van der Waals surface area contributed by atoms with Crippen LogP contribution in [0.4, 0.5) is 21.9 Å². The summed E-state index contributed by atoms with van der Waals surface area (Å²) in [4.78, 5) is 61.8. The summed E-state index contributed by atoms with van der Waals surface area (Å²) in [5, 5.41) is 15.9. The van der Waals surface area contributed by atoms with Crippen LogP contribution in [0, 0.1) is 10.1 Å². The summed E-state index contributed by atoms with van der Waals surface area (Å²) in [6, 6.07) is 15.2. The van der Waals surface area contributed by atoms with Crippen LogP contribution in [0.3, 0.4) is 0 Å². The lowest BCUT2D eigenvalue weighted by Gasteiger charge is -2.26. The summed E-state index contributed by atoms with van der Waals surface area (Å²) < 4.78 is 11.3. The molecule has 0 radical (unpaired) electrons. The molecule has 12 nitrogen and oxygen atoms in total. The van der Waals surface area contributed by atoms with Gasteiger partial charge in [0.05, 0.1) is 17.7 Å². The van der Waals surface area contributed by atoms with E-state index in [1.165, 1.54) is 37.5 Å². The third-order valence-electron chi connectivity index (χ3n) is 5.40. The number of nitro benzene ring substituents is 1. The Morgan fingerprint density at radius 1 is 1.10 bits per heavy atom. The van der Waals surface area contributed by atoms with Gasteiger partial charge in [0.2, 0.25) is 0 Å². The minimum absolute atomic E-state index is 0.0916. The summed E-state index contributed by atoms with van der Waals surface area (Å²) in [6.07, 6.45) is 1.20. The number of carbonyl (C=O) groups is 4.